The second kappa shape index (κ2) is 6.34. The van der Waals surface area contributed by atoms with Gasteiger partial charge in [-0.1, -0.05) is 28.1 Å². The predicted octanol–water partition coefficient (Wildman–Crippen LogP) is 2.92. The van der Waals surface area contributed by atoms with Crippen LogP contribution in [0.4, 0.5) is 0 Å². The maximum Gasteiger partial charge on any atom is 0.255 e. The van der Waals surface area contributed by atoms with Gasteiger partial charge in [-0.15, -0.1) is 0 Å². The molecule has 1 saturated heterocycles. The van der Waals surface area contributed by atoms with Crippen molar-refractivity contribution in [2.24, 2.45) is 0 Å². The first-order valence-corrected chi connectivity index (χ1v) is 8.07. The molecule has 0 aromatic heterocycles. The Morgan fingerprint density at radius 3 is 2.89 bits per heavy atom. The lowest BCUT2D eigenvalue weighted by Gasteiger charge is -2.36. The molecular weight excluding hydrogens is 409 g/mol. The summed E-state index contributed by atoms with van der Waals surface area (Å²) in [6.45, 7) is 3.32. The highest BCUT2D eigenvalue weighted by Crippen LogP contribution is 2.18. The highest BCUT2D eigenvalue weighted by molar-refractivity contribution is 14.1. The molecule has 1 aromatic carbocycles. The van der Waals surface area contributed by atoms with Crippen molar-refractivity contribution in [2.75, 3.05) is 18.4 Å². The van der Waals surface area contributed by atoms with Gasteiger partial charge in [-0.05, 0) is 41.6 Å². The number of carbonyl (C=O) groups excluding carboxylic acids is 1. The van der Waals surface area contributed by atoms with E-state index in [4.69, 9.17) is 4.74 Å². The van der Waals surface area contributed by atoms with E-state index in [-0.39, 0.29) is 18.1 Å². The predicted molar refractivity (Wildman–Crippen MR) is 83.2 cm³/mol. The van der Waals surface area contributed by atoms with Gasteiger partial charge in [0, 0.05) is 22.0 Å². The molecule has 1 amide bonds. The SMILES string of the molecule is CC1CN(C(=O)c2ccccc2I)CC(CBr)O1. The average molecular weight is 424 g/mol. The summed E-state index contributed by atoms with van der Waals surface area (Å²) in [5.74, 6) is 0.0982. The zero-order valence-electron chi connectivity index (χ0n) is 10.1. The van der Waals surface area contributed by atoms with Crippen LogP contribution in [0.25, 0.3) is 0 Å². The molecule has 0 N–H and O–H groups in total. The number of rotatable bonds is 2. The number of amides is 1. The molecule has 0 saturated carbocycles. The molecule has 2 atom stereocenters. The Bertz CT molecular complexity index is 441. The Hall–Kier alpha value is -0.140. The third-order valence-corrected chi connectivity index (χ3v) is 4.55. The van der Waals surface area contributed by atoms with Gasteiger partial charge in [0.1, 0.15) is 0 Å². The Balaban J connectivity index is 2.16. The number of ether oxygens (including phenoxy) is 1. The van der Waals surface area contributed by atoms with Gasteiger partial charge >= 0.3 is 0 Å². The van der Waals surface area contributed by atoms with Crippen LogP contribution in [0.3, 0.4) is 0 Å². The van der Waals surface area contributed by atoms with Crippen molar-refractivity contribution in [1.29, 1.82) is 0 Å². The van der Waals surface area contributed by atoms with E-state index in [9.17, 15) is 4.79 Å². The van der Waals surface area contributed by atoms with Crippen molar-refractivity contribution in [3.63, 3.8) is 0 Å². The highest BCUT2D eigenvalue weighted by atomic mass is 127. The molecule has 1 aliphatic heterocycles. The molecule has 18 heavy (non-hydrogen) atoms. The maximum atomic E-state index is 12.5. The van der Waals surface area contributed by atoms with E-state index in [1.807, 2.05) is 36.1 Å². The summed E-state index contributed by atoms with van der Waals surface area (Å²) in [5.41, 5.74) is 0.778. The fraction of sp³-hybridized carbons (Fsp3) is 0.462. The monoisotopic (exact) mass is 423 g/mol. The van der Waals surface area contributed by atoms with Gasteiger partial charge in [0.05, 0.1) is 17.8 Å². The first kappa shape index (κ1) is 14.3. The Morgan fingerprint density at radius 1 is 1.50 bits per heavy atom. The summed E-state index contributed by atoms with van der Waals surface area (Å²) in [6.07, 6.45) is 0.172. The smallest absolute Gasteiger partial charge is 0.255 e. The van der Waals surface area contributed by atoms with Gasteiger partial charge in [0.2, 0.25) is 0 Å². The van der Waals surface area contributed by atoms with Crippen LogP contribution in [0.2, 0.25) is 0 Å². The van der Waals surface area contributed by atoms with Crippen LogP contribution in [-0.2, 0) is 4.74 Å². The van der Waals surface area contributed by atoms with Crippen LogP contribution in [0.1, 0.15) is 17.3 Å². The molecule has 1 aromatic rings. The number of morpholine rings is 1. The van der Waals surface area contributed by atoms with Gasteiger partial charge < -0.3 is 9.64 Å². The van der Waals surface area contributed by atoms with Crippen molar-refractivity contribution < 1.29 is 9.53 Å². The molecule has 98 valence electrons. The fourth-order valence-corrected chi connectivity index (χ4v) is 3.08. The standard InChI is InChI=1S/C13H15BrINO2/c1-9-7-16(8-10(6-14)18-9)13(17)11-4-2-3-5-12(11)15/h2-5,9-10H,6-8H2,1H3. The van der Waals surface area contributed by atoms with Crippen molar-refractivity contribution in [2.45, 2.75) is 19.1 Å². The molecule has 2 rings (SSSR count). The first-order valence-electron chi connectivity index (χ1n) is 5.87. The van der Waals surface area contributed by atoms with Gasteiger partial charge in [-0.3, -0.25) is 4.79 Å². The van der Waals surface area contributed by atoms with Gasteiger partial charge in [0.15, 0.2) is 0 Å². The number of halogens is 2. The molecule has 1 aliphatic rings. The quantitative estimate of drug-likeness (QED) is 0.540. The summed E-state index contributed by atoms with van der Waals surface area (Å²) in [6, 6.07) is 7.69. The van der Waals surface area contributed by atoms with Crippen molar-refractivity contribution in [1.82, 2.24) is 4.90 Å². The van der Waals surface area contributed by atoms with Crippen molar-refractivity contribution in [3.05, 3.63) is 33.4 Å². The maximum absolute atomic E-state index is 12.5. The normalized spacial score (nSPS) is 24.1. The van der Waals surface area contributed by atoms with E-state index < -0.39 is 0 Å². The van der Waals surface area contributed by atoms with E-state index in [1.54, 1.807) is 0 Å². The van der Waals surface area contributed by atoms with Crippen LogP contribution in [-0.4, -0.2) is 41.4 Å². The summed E-state index contributed by atoms with van der Waals surface area (Å²) in [5, 5.41) is 0.757. The van der Waals surface area contributed by atoms with E-state index in [0.717, 1.165) is 14.5 Å². The topological polar surface area (TPSA) is 29.5 Å². The van der Waals surface area contributed by atoms with Crippen LogP contribution in [0.5, 0.6) is 0 Å². The van der Waals surface area contributed by atoms with Crippen LogP contribution in [0, 0.1) is 3.57 Å². The molecule has 2 unspecified atom stereocenters. The Labute approximate surface area is 129 Å². The van der Waals surface area contributed by atoms with E-state index in [1.165, 1.54) is 0 Å². The molecular formula is C13H15BrINO2. The van der Waals surface area contributed by atoms with Crippen LogP contribution in [0.15, 0.2) is 24.3 Å². The molecule has 3 nitrogen and oxygen atoms in total. The highest BCUT2D eigenvalue weighted by Gasteiger charge is 2.28. The largest absolute Gasteiger partial charge is 0.371 e. The molecule has 1 fully saturated rings. The van der Waals surface area contributed by atoms with Crippen molar-refractivity contribution in [3.8, 4) is 0 Å². The van der Waals surface area contributed by atoms with Gasteiger partial charge in [-0.2, -0.15) is 0 Å². The van der Waals surface area contributed by atoms with Crippen molar-refractivity contribution >= 4 is 44.4 Å². The minimum atomic E-state index is 0.0825. The van der Waals surface area contributed by atoms with Gasteiger partial charge in [0.25, 0.3) is 5.91 Å². The lowest BCUT2D eigenvalue weighted by Crippen LogP contribution is -2.49. The lowest BCUT2D eigenvalue weighted by atomic mass is 10.1. The molecule has 0 spiro atoms. The summed E-state index contributed by atoms with van der Waals surface area (Å²) >= 11 is 5.62. The second-order valence-electron chi connectivity index (χ2n) is 4.41. The number of nitrogens with zero attached hydrogens (tertiary/aromatic N) is 1. The second-order valence-corrected chi connectivity index (χ2v) is 6.22. The Morgan fingerprint density at radius 2 is 2.22 bits per heavy atom. The molecule has 1 heterocycles. The molecule has 5 heteroatoms. The third-order valence-electron chi connectivity index (χ3n) is 2.89. The summed E-state index contributed by atoms with van der Waals surface area (Å²) in [7, 11) is 0. The zero-order chi connectivity index (χ0) is 13.1. The number of carbonyl (C=O) groups is 1. The zero-order valence-corrected chi connectivity index (χ0v) is 13.8. The number of alkyl halides is 1. The first-order chi connectivity index (χ1) is 8.61. The third kappa shape index (κ3) is 3.24. The summed E-state index contributed by atoms with van der Waals surface area (Å²) < 4.78 is 6.73. The van der Waals surface area contributed by atoms with Gasteiger partial charge in [-0.25, -0.2) is 0 Å². The van der Waals surface area contributed by atoms with E-state index in [0.29, 0.717) is 13.1 Å². The van der Waals surface area contributed by atoms with Crippen LogP contribution >= 0.6 is 38.5 Å². The average Bonchev–Trinajstić information content (AvgIpc) is 2.37. The Kier molecular flexibility index (Phi) is 5.03. The fourth-order valence-electron chi connectivity index (χ4n) is 2.10. The lowest BCUT2D eigenvalue weighted by molar-refractivity contribution is -0.0560. The van der Waals surface area contributed by atoms with E-state index in [2.05, 4.69) is 38.5 Å². The summed E-state index contributed by atoms with van der Waals surface area (Å²) in [4.78, 5) is 14.4. The molecule has 0 radical (unpaired) electrons. The number of hydrogen-bond donors (Lipinski definition) is 0. The van der Waals surface area contributed by atoms with Crippen LogP contribution < -0.4 is 0 Å². The molecule has 0 aliphatic carbocycles. The minimum Gasteiger partial charge on any atom is -0.371 e. The number of hydrogen-bond acceptors (Lipinski definition) is 2. The minimum absolute atomic E-state index is 0.0825. The van der Waals surface area contributed by atoms with E-state index >= 15 is 0 Å². The molecule has 0 bridgehead atoms. The number of benzene rings is 1.